The van der Waals surface area contributed by atoms with Crippen LogP contribution in [-0.2, 0) is 22.6 Å². The first-order valence-corrected chi connectivity index (χ1v) is 10.8. The molecule has 0 spiro atoms. The van der Waals surface area contributed by atoms with Crippen molar-refractivity contribution in [3.05, 3.63) is 71.8 Å². The maximum atomic E-state index is 13.2. The Morgan fingerprint density at radius 1 is 0.966 bits per heavy atom. The Kier molecular flexibility index (Phi) is 7.85. The van der Waals surface area contributed by atoms with Crippen LogP contribution < -0.4 is 5.32 Å². The standard InChI is InChI=1S/C25H32N2O2/c1-2-23(25(29)26-22-15-9-10-16-22)27(19-21-13-7-4-8-14-21)24(28)18-17-20-11-5-3-6-12-20/h3-8,11-14,22-23H,2,9-10,15-19H2,1H3,(H,26,29)/t23-/m1/s1. The lowest BCUT2D eigenvalue weighted by atomic mass is 10.1. The highest BCUT2D eigenvalue weighted by Gasteiger charge is 2.30. The van der Waals surface area contributed by atoms with Gasteiger partial charge in [-0.2, -0.15) is 0 Å². The molecule has 154 valence electrons. The molecule has 4 heteroatoms. The normalized spacial score (nSPS) is 15.1. The van der Waals surface area contributed by atoms with Crippen LogP contribution in [0.3, 0.4) is 0 Å². The van der Waals surface area contributed by atoms with Gasteiger partial charge in [-0.1, -0.05) is 80.4 Å². The fraction of sp³-hybridized carbons (Fsp3) is 0.440. The molecule has 1 fully saturated rings. The van der Waals surface area contributed by atoms with Crippen molar-refractivity contribution in [2.45, 2.75) is 70.5 Å². The third-order valence-corrected chi connectivity index (χ3v) is 5.75. The Balaban J connectivity index is 1.72. The predicted molar refractivity (Wildman–Crippen MR) is 116 cm³/mol. The fourth-order valence-corrected chi connectivity index (χ4v) is 4.11. The molecule has 29 heavy (non-hydrogen) atoms. The minimum Gasteiger partial charge on any atom is -0.352 e. The van der Waals surface area contributed by atoms with Gasteiger partial charge in [0.1, 0.15) is 6.04 Å². The highest BCUT2D eigenvalue weighted by molar-refractivity contribution is 5.88. The number of hydrogen-bond acceptors (Lipinski definition) is 2. The summed E-state index contributed by atoms with van der Waals surface area (Å²) < 4.78 is 0. The molecule has 0 radical (unpaired) electrons. The van der Waals surface area contributed by atoms with Gasteiger partial charge in [-0.05, 0) is 36.8 Å². The van der Waals surface area contributed by atoms with Gasteiger partial charge in [-0.25, -0.2) is 0 Å². The smallest absolute Gasteiger partial charge is 0.243 e. The monoisotopic (exact) mass is 392 g/mol. The van der Waals surface area contributed by atoms with Crippen molar-refractivity contribution in [3.8, 4) is 0 Å². The summed E-state index contributed by atoms with van der Waals surface area (Å²) in [5.41, 5.74) is 2.19. The van der Waals surface area contributed by atoms with E-state index < -0.39 is 6.04 Å². The van der Waals surface area contributed by atoms with E-state index in [0.717, 1.165) is 24.0 Å². The van der Waals surface area contributed by atoms with Crippen molar-refractivity contribution in [1.29, 1.82) is 0 Å². The Hall–Kier alpha value is -2.62. The number of amides is 2. The second-order valence-corrected chi connectivity index (χ2v) is 7.91. The van der Waals surface area contributed by atoms with Gasteiger partial charge in [0.25, 0.3) is 0 Å². The van der Waals surface area contributed by atoms with Gasteiger partial charge in [0.05, 0.1) is 0 Å². The SMILES string of the molecule is CC[C@H](C(=O)NC1CCCC1)N(Cc1ccccc1)C(=O)CCc1ccccc1. The summed E-state index contributed by atoms with van der Waals surface area (Å²) in [7, 11) is 0. The summed E-state index contributed by atoms with van der Waals surface area (Å²) in [5.74, 6) is 0.0227. The van der Waals surface area contributed by atoms with Crippen LogP contribution in [0.25, 0.3) is 0 Å². The van der Waals surface area contributed by atoms with Crippen LogP contribution in [0.5, 0.6) is 0 Å². The summed E-state index contributed by atoms with van der Waals surface area (Å²) >= 11 is 0. The molecule has 1 atom stereocenters. The first-order chi connectivity index (χ1) is 14.2. The molecule has 1 aliphatic carbocycles. The van der Waals surface area contributed by atoms with Crippen molar-refractivity contribution in [3.63, 3.8) is 0 Å². The highest BCUT2D eigenvalue weighted by atomic mass is 16.2. The van der Waals surface area contributed by atoms with Crippen molar-refractivity contribution < 1.29 is 9.59 Å². The lowest BCUT2D eigenvalue weighted by molar-refractivity contribution is -0.141. The van der Waals surface area contributed by atoms with E-state index in [1.54, 1.807) is 4.90 Å². The molecule has 0 aromatic heterocycles. The topological polar surface area (TPSA) is 49.4 Å². The molecular weight excluding hydrogens is 360 g/mol. The van der Waals surface area contributed by atoms with E-state index >= 15 is 0 Å². The van der Waals surface area contributed by atoms with Gasteiger partial charge in [0.15, 0.2) is 0 Å². The maximum Gasteiger partial charge on any atom is 0.243 e. The van der Waals surface area contributed by atoms with Crippen LogP contribution >= 0.6 is 0 Å². The van der Waals surface area contributed by atoms with E-state index in [1.165, 1.54) is 12.8 Å². The number of hydrogen-bond donors (Lipinski definition) is 1. The second kappa shape index (κ2) is 10.8. The van der Waals surface area contributed by atoms with Crippen LogP contribution in [0.4, 0.5) is 0 Å². The Morgan fingerprint density at radius 2 is 1.55 bits per heavy atom. The zero-order chi connectivity index (χ0) is 20.5. The number of nitrogens with one attached hydrogen (secondary N) is 1. The Labute approximate surface area is 174 Å². The minimum absolute atomic E-state index is 0.0107. The Morgan fingerprint density at radius 3 is 2.14 bits per heavy atom. The van der Waals surface area contributed by atoms with E-state index in [2.05, 4.69) is 5.32 Å². The van der Waals surface area contributed by atoms with Crippen molar-refractivity contribution in [2.75, 3.05) is 0 Å². The first-order valence-electron chi connectivity index (χ1n) is 10.8. The van der Waals surface area contributed by atoms with E-state index in [4.69, 9.17) is 0 Å². The average Bonchev–Trinajstić information content (AvgIpc) is 3.26. The number of carbonyl (C=O) groups is 2. The molecule has 0 aliphatic heterocycles. The predicted octanol–water partition coefficient (Wildman–Crippen LogP) is 4.49. The van der Waals surface area contributed by atoms with Gasteiger partial charge in [0, 0.05) is 19.0 Å². The molecule has 4 nitrogen and oxygen atoms in total. The molecule has 2 aromatic rings. The first kappa shape index (κ1) is 21.1. The summed E-state index contributed by atoms with van der Waals surface area (Å²) in [5, 5.41) is 3.19. The van der Waals surface area contributed by atoms with Crippen LogP contribution in [0.2, 0.25) is 0 Å². The van der Waals surface area contributed by atoms with E-state index in [9.17, 15) is 9.59 Å². The number of rotatable bonds is 9. The summed E-state index contributed by atoms with van der Waals surface area (Å²) in [6.07, 6.45) is 6.14. The van der Waals surface area contributed by atoms with E-state index in [1.807, 2.05) is 67.6 Å². The fourth-order valence-electron chi connectivity index (χ4n) is 4.11. The molecule has 0 saturated heterocycles. The van der Waals surface area contributed by atoms with Crippen molar-refractivity contribution in [1.82, 2.24) is 10.2 Å². The third kappa shape index (κ3) is 6.18. The molecule has 2 amide bonds. The minimum atomic E-state index is -0.431. The molecule has 1 aliphatic rings. The maximum absolute atomic E-state index is 13.2. The van der Waals surface area contributed by atoms with Gasteiger partial charge in [-0.3, -0.25) is 9.59 Å². The molecule has 0 unspecified atom stereocenters. The Bertz CT molecular complexity index is 770. The van der Waals surface area contributed by atoms with Crippen LogP contribution in [0.1, 0.15) is 56.6 Å². The largest absolute Gasteiger partial charge is 0.352 e. The molecule has 3 rings (SSSR count). The van der Waals surface area contributed by atoms with Crippen molar-refractivity contribution in [2.24, 2.45) is 0 Å². The second-order valence-electron chi connectivity index (χ2n) is 7.91. The van der Waals surface area contributed by atoms with Crippen LogP contribution in [0, 0.1) is 0 Å². The molecular formula is C25H32N2O2. The highest BCUT2D eigenvalue weighted by Crippen LogP contribution is 2.20. The number of benzene rings is 2. The van der Waals surface area contributed by atoms with Gasteiger partial charge >= 0.3 is 0 Å². The summed E-state index contributed by atoms with van der Waals surface area (Å²) in [4.78, 5) is 28.0. The van der Waals surface area contributed by atoms with Crippen molar-refractivity contribution >= 4 is 11.8 Å². The molecule has 1 N–H and O–H groups in total. The molecule has 2 aromatic carbocycles. The zero-order valence-corrected chi connectivity index (χ0v) is 17.3. The molecule has 1 saturated carbocycles. The lowest BCUT2D eigenvalue weighted by Crippen LogP contribution is -2.51. The summed E-state index contributed by atoms with van der Waals surface area (Å²) in [6, 6.07) is 19.8. The van der Waals surface area contributed by atoms with Crippen LogP contribution in [-0.4, -0.2) is 28.8 Å². The molecule has 0 bridgehead atoms. The quantitative estimate of drug-likeness (QED) is 0.684. The van der Waals surface area contributed by atoms with Gasteiger partial charge in [-0.15, -0.1) is 0 Å². The number of aryl methyl sites for hydroxylation is 1. The summed E-state index contributed by atoms with van der Waals surface area (Å²) in [6.45, 7) is 2.45. The third-order valence-electron chi connectivity index (χ3n) is 5.75. The molecule has 0 heterocycles. The van der Waals surface area contributed by atoms with Gasteiger partial charge < -0.3 is 10.2 Å². The van der Waals surface area contributed by atoms with Crippen LogP contribution in [0.15, 0.2) is 60.7 Å². The van der Waals surface area contributed by atoms with E-state index in [-0.39, 0.29) is 17.9 Å². The van der Waals surface area contributed by atoms with E-state index in [0.29, 0.717) is 25.8 Å². The lowest BCUT2D eigenvalue weighted by Gasteiger charge is -2.31. The van der Waals surface area contributed by atoms with Gasteiger partial charge in [0.2, 0.25) is 11.8 Å². The number of carbonyl (C=O) groups excluding carboxylic acids is 2. The zero-order valence-electron chi connectivity index (χ0n) is 17.3. The number of nitrogens with zero attached hydrogens (tertiary/aromatic N) is 1. The average molecular weight is 393 g/mol.